The van der Waals surface area contributed by atoms with Gasteiger partial charge in [-0.05, 0) is 56.8 Å². The summed E-state index contributed by atoms with van der Waals surface area (Å²) in [6.07, 6.45) is 7.49. The zero-order valence-corrected chi connectivity index (χ0v) is 20.3. The van der Waals surface area contributed by atoms with Gasteiger partial charge in [0.1, 0.15) is 18.0 Å². The van der Waals surface area contributed by atoms with Gasteiger partial charge in [-0.1, -0.05) is 42.6 Å². The monoisotopic (exact) mass is 489 g/mol. The smallest absolute Gasteiger partial charge is 0.248 e. The minimum Gasteiger partial charge on any atom is -0.337 e. The number of hydrogen-bond donors (Lipinski definition) is 2. The lowest BCUT2D eigenvalue weighted by Crippen LogP contribution is -2.13. The van der Waals surface area contributed by atoms with Gasteiger partial charge in [-0.25, -0.2) is 14.4 Å². The number of unbranched alkanes of at least 4 members (excludes halogenated alkanes) is 1. The molecule has 2 aromatic carbocycles. The van der Waals surface area contributed by atoms with Crippen molar-refractivity contribution in [2.24, 2.45) is 0 Å². The normalized spacial score (nSPS) is 11.5. The highest BCUT2D eigenvalue weighted by Crippen LogP contribution is 2.33. The van der Waals surface area contributed by atoms with Crippen molar-refractivity contribution in [1.29, 1.82) is 0 Å². The molecular formula is C24H26Cl2FN5O. The first kappa shape index (κ1) is 24.9. The van der Waals surface area contributed by atoms with Gasteiger partial charge in [0.25, 0.3) is 0 Å². The van der Waals surface area contributed by atoms with Gasteiger partial charge in [0.2, 0.25) is 5.91 Å². The molecule has 1 aromatic heterocycles. The average Bonchev–Trinajstić information content (AvgIpc) is 2.76. The van der Waals surface area contributed by atoms with Crippen molar-refractivity contribution in [1.82, 2.24) is 14.9 Å². The van der Waals surface area contributed by atoms with Crippen LogP contribution < -0.4 is 10.6 Å². The molecule has 0 unspecified atom stereocenters. The van der Waals surface area contributed by atoms with Crippen LogP contribution in [0, 0.1) is 5.82 Å². The lowest BCUT2D eigenvalue weighted by atomic mass is 10.0. The van der Waals surface area contributed by atoms with Crippen LogP contribution in [-0.2, 0) is 11.2 Å². The number of nitrogens with zero attached hydrogens (tertiary/aromatic N) is 3. The largest absolute Gasteiger partial charge is 0.337 e. The second-order valence-corrected chi connectivity index (χ2v) is 8.69. The molecule has 0 fully saturated rings. The first-order valence-electron chi connectivity index (χ1n) is 10.6. The Balaban J connectivity index is 2.00. The lowest BCUT2D eigenvalue weighted by molar-refractivity contribution is -0.111. The Hall–Kier alpha value is -2.74. The van der Waals surface area contributed by atoms with Crippen LogP contribution in [0.1, 0.15) is 25.3 Å². The van der Waals surface area contributed by atoms with Crippen LogP contribution in [0.15, 0.2) is 42.7 Å². The fourth-order valence-corrected chi connectivity index (χ4v) is 3.54. The quantitative estimate of drug-likeness (QED) is 0.275. The second kappa shape index (κ2) is 11.4. The maximum Gasteiger partial charge on any atom is 0.248 e. The van der Waals surface area contributed by atoms with Gasteiger partial charge in [0.15, 0.2) is 0 Å². The van der Waals surface area contributed by atoms with E-state index < -0.39 is 5.82 Å². The molecular weight excluding hydrogens is 464 g/mol. The number of nitrogens with one attached hydrogen (secondary N) is 2. The van der Waals surface area contributed by atoms with E-state index in [0.717, 1.165) is 30.9 Å². The Morgan fingerprint density at radius 2 is 1.88 bits per heavy atom. The van der Waals surface area contributed by atoms with Crippen molar-refractivity contribution < 1.29 is 9.18 Å². The molecule has 0 bridgehead atoms. The summed E-state index contributed by atoms with van der Waals surface area (Å²) in [5, 5.41) is 6.92. The SMILES string of the molecule is CCCCc1cc2ncnc(Nc3cc(Cl)c(Cl)cc3F)c2cc1NC(=O)/C=C/CN(C)C. The third-order valence-corrected chi connectivity index (χ3v) is 5.64. The molecule has 0 radical (unpaired) electrons. The van der Waals surface area contributed by atoms with Crippen LogP contribution in [0.2, 0.25) is 10.0 Å². The van der Waals surface area contributed by atoms with Crippen LogP contribution in [0.3, 0.4) is 0 Å². The predicted octanol–water partition coefficient (Wildman–Crippen LogP) is 6.22. The minimum absolute atomic E-state index is 0.125. The number of rotatable bonds is 9. The average molecular weight is 490 g/mol. The van der Waals surface area contributed by atoms with Crippen LogP contribution in [0.5, 0.6) is 0 Å². The Labute approximate surface area is 202 Å². The number of anilines is 3. The van der Waals surface area contributed by atoms with Gasteiger partial charge in [0.05, 0.1) is 21.2 Å². The van der Waals surface area contributed by atoms with Crippen molar-refractivity contribution in [3.8, 4) is 0 Å². The number of carbonyl (C=O) groups is 1. The number of carbonyl (C=O) groups excluding carboxylic acids is 1. The van der Waals surface area contributed by atoms with Gasteiger partial charge in [-0.3, -0.25) is 4.79 Å². The molecule has 0 spiro atoms. The van der Waals surface area contributed by atoms with Crippen molar-refractivity contribution in [2.75, 3.05) is 31.3 Å². The zero-order valence-electron chi connectivity index (χ0n) is 18.8. The molecule has 0 aliphatic heterocycles. The van der Waals surface area contributed by atoms with Gasteiger partial charge in [0, 0.05) is 23.7 Å². The molecule has 2 N–H and O–H groups in total. The van der Waals surface area contributed by atoms with Crippen LogP contribution >= 0.6 is 23.2 Å². The Kier molecular flexibility index (Phi) is 8.61. The van der Waals surface area contributed by atoms with Gasteiger partial charge >= 0.3 is 0 Å². The summed E-state index contributed by atoms with van der Waals surface area (Å²) in [5.41, 5.74) is 2.46. The summed E-state index contributed by atoms with van der Waals surface area (Å²) >= 11 is 11.9. The molecule has 0 aliphatic carbocycles. The highest BCUT2D eigenvalue weighted by molar-refractivity contribution is 6.42. The number of aryl methyl sites for hydroxylation is 1. The van der Waals surface area contributed by atoms with E-state index in [1.807, 2.05) is 31.1 Å². The van der Waals surface area contributed by atoms with E-state index in [0.29, 0.717) is 29.0 Å². The maximum atomic E-state index is 14.4. The molecule has 33 heavy (non-hydrogen) atoms. The topological polar surface area (TPSA) is 70.1 Å². The third kappa shape index (κ3) is 6.63. The summed E-state index contributed by atoms with van der Waals surface area (Å²) < 4.78 is 14.4. The van der Waals surface area contributed by atoms with Gasteiger partial charge < -0.3 is 15.5 Å². The molecule has 0 atom stereocenters. The van der Waals surface area contributed by atoms with Crippen LogP contribution in [0.4, 0.5) is 21.6 Å². The van der Waals surface area contributed by atoms with E-state index >= 15 is 0 Å². The highest BCUT2D eigenvalue weighted by atomic mass is 35.5. The molecule has 9 heteroatoms. The number of likely N-dealkylation sites (N-methyl/N-ethyl adjacent to an activating group) is 1. The molecule has 1 amide bonds. The number of halogens is 3. The minimum atomic E-state index is -0.560. The van der Waals surface area contributed by atoms with E-state index in [-0.39, 0.29) is 21.6 Å². The summed E-state index contributed by atoms with van der Waals surface area (Å²) in [6.45, 7) is 2.77. The van der Waals surface area contributed by atoms with E-state index in [9.17, 15) is 9.18 Å². The molecule has 174 valence electrons. The number of fused-ring (bicyclic) bond motifs is 1. The standard InChI is InChI=1S/C24H26Cl2FN5O/c1-4-5-7-15-10-21-16(11-20(15)30-23(33)8-6-9-32(2)3)24(29-14-28-21)31-22-13-18(26)17(25)12-19(22)27/h6,8,10-14H,4-5,7,9H2,1-3H3,(H,30,33)(H,28,29,31)/b8-6+. The first-order chi connectivity index (χ1) is 15.8. The maximum absolute atomic E-state index is 14.4. The van der Waals surface area contributed by atoms with E-state index in [2.05, 4.69) is 27.5 Å². The summed E-state index contributed by atoms with van der Waals surface area (Å²) in [5.74, 6) is -0.399. The Morgan fingerprint density at radius 1 is 1.12 bits per heavy atom. The Bertz CT molecular complexity index is 1180. The number of benzene rings is 2. The molecule has 0 aliphatic rings. The van der Waals surface area contributed by atoms with E-state index in [4.69, 9.17) is 23.2 Å². The molecule has 1 heterocycles. The number of aromatic nitrogens is 2. The van der Waals surface area contributed by atoms with Crippen molar-refractivity contribution in [3.05, 3.63) is 64.2 Å². The first-order valence-corrected chi connectivity index (χ1v) is 11.4. The molecule has 3 rings (SSSR count). The zero-order chi connectivity index (χ0) is 24.0. The molecule has 6 nitrogen and oxygen atoms in total. The second-order valence-electron chi connectivity index (χ2n) is 7.88. The van der Waals surface area contributed by atoms with Crippen LogP contribution in [-0.4, -0.2) is 41.4 Å². The fourth-order valence-electron chi connectivity index (χ4n) is 3.23. The third-order valence-electron chi connectivity index (χ3n) is 4.92. The van der Waals surface area contributed by atoms with E-state index in [1.165, 1.54) is 18.5 Å². The summed E-state index contributed by atoms with van der Waals surface area (Å²) in [4.78, 5) is 23.1. The van der Waals surface area contributed by atoms with Crippen molar-refractivity contribution in [2.45, 2.75) is 26.2 Å². The highest BCUT2D eigenvalue weighted by Gasteiger charge is 2.14. The summed E-state index contributed by atoms with van der Waals surface area (Å²) in [7, 11) is 3.86. The fraction of sp³-hybridized carbons (Fsp3) is 0.292. The molecule has 0 saturated heterocycles. The van der Waals surface area contributed by atoms with E-state index in [1.54, 1.807) is 6.08 Å². The van der Waals surface area contributed by atoms with Gasteiger partial charge in [-0.2, -0.15) is 0 Å². The number of amides is 1. The summed E-state index contributed by atoms with van der Waals surface area (Å²) in [6, 6.07) is 6.29. The predicted molar refractivity (Wildman–Crippen MR) is 134 cm³/mol. The van der Waals surface area contributed by atoms with Gasteiger partial charge in [-0.15, -0.1) is 0 Å². The van der Waals surface area contributed by atoms with Crippen molar-refractivity contribution in [3.63, 3.8) is 0 Å². The lowest BCUT2D eigenvalue weighted by Gasteiger charge is -2.15. The molecule has 3 aromatic rings. The molecule has 0 saturated carbocycles. The van der Waals surface area contributed by atoms with Crippen LogP contribution in [0.25, 0.3) is 10.9 Å². The number of hydrogen-bond acceptors (Lipinski definition) is 5. The Morgan fingerprint density at radius 3 is 2.61 bits per heavy atom. The van der Waals surface area contributed by atoms with Crippen molar-refractivity contribution >= 4 is 57.2 Å².